The highest BCUT2D eigenvalue weighted by Gasteiger charge is 2.08. The van der Waals surface area contributed by atoms with Crippen LogP contribution in [0.2, 0.25) is 0 Å². The molecule has 6 nitrogen and oxygen atoms in total. The number of hydrogen-bond acceptors (Lipinski definition) is 4. The van der Waals surface area contributed by atoms with Crippen LogP contribution >= 0.6 is 0 Å². The second-order valence-electron chi connectivity index (χ2n) is 4.37. The summed E-state index contributed by atoms with van der Waals surface area (Å²) in [4.78, 5) is 23.2. The van der Waals surface area contributed by atoms with E-state index in [1.54, 1.807) is 48.5 Å². The Morgan fingerprint density at radius 1 is 0.952 bits per heavy atom. The molecule has 0 unspecified atom stereocenters. The van der Waals surface area contributed by atoms with Crippen LogP contribution in [-0.2, 0) is 4.79 Å². The lowest BCUT2D eigenvalue weighted by Gasteiger charge is -2.08. The molecule has 6 N–H and O–H groups in total. The molecule has 6 heteroatoms. The maximum Gasteiger partial charge on any atom is 0.255 e. The Labute approximate surface area is 122 Å². The summed E-state index contributed by atoms with van der Waals surface area (Å²) in [5.41, 5.74) is 13.1. The standard InChI is InChI=1S/C15H16N4O2/c16-9-14(20)18-11-7-5-10(6-8-11)15(21)19-13-4-2-1-3-12(13)17/h1-8H,9,16-17H2,(H,18,20)(H,19,21). The van der Waals surface area contributed by atoms with Gasteiger partial charge < -0.3 is 22.1 Å². The van der Waals surface area contributed by atoms with Crippen LogP contribution in [0.1, 0.15) is 10.4 Å². The summed E-state index contributed by atoms with van der Waals surface area (Å²) in [5.74, 6) is -0.561. The van der Waals surface area contributed by atoms with Gasteiger partial charge in [-0.05, 0) is 36.4 Å². The molecule has 0 bridgehead atoms. The number of para-hydroxylation sites is 2. The van der Waals surface area contributed by atoms with Gasteiger partial charge in [-0.15, -0.1) is 0 Å². The average Bonchev–Trinajstić information content (AvgIpc) is 2.50. The Kier molecular flexibility index (Phi) is 4.53. The fourth-order valence-corrected chi connectivity index (χ4v) is 1.72. The fourth-order valence-electron chi connectivity index (χ4n) is 1.72. The van der Waals surface area contributed by atoms with E-state index >= 15 is 0 Å². The Morgan fingerprint density at radius 2 is 1.62 bits per heavy atom. The van der Waals surface area contributed by atoms with Crippen molar-refractivity contribution in [1.29, 1.82) is 0 Å². The second kappa shape index (κ2) is 6.53. The van der Waals surface area contributed by atoms with Gasteiger partial charge in [-0.1, -0.05) is 12.1 Å². The molecule has 2 rings (SSSR count). The highest BCUT2D eigenvalue weighted by molar-refractivity contribution is 6.06. The van der Waals surface area contributed by atoms with Crippen molar-refractivity contribution in [2.24, 2.45) is 5.73 Å². The quantitative estimate of drug-likeness (QED) is 0.636. The number of benzene rings is 2. The monoisotopic (exact) mass is 284 g/mol. The molecule has 0 aliphatic carbocycles. The highest BCUT2D eigenvalue weighted by atomic mass is 16.2. The molecule has 0 radical (unpaired) electrons. The van der Waals surface area contributed by atoms with Crippen LogP contribution in [-0.4, -0.2) is 18.4 Å². The zero-order valence-corrected chi connectivity index (χ0v) is 11.3. The van der Waals surface area contributed by atoms with Crippen LogP contribution in [0.3, 0.4) is 0 Å². The Hall–Kier alpha value is -2.86. The van der Waals surface area contributed by atoms with E-state index < -0.39 is 0 Å². The van der Waals surface area contributed by atoms with Gasteiger partial charge in [0.05, 0.1) is 17.9 Å². The van der Waals surface area contributed by atoms with E-state index in [1.165, 1.54) is 0 Å². The van der Waals surface area contributed by atoms with Gasteiger partial charge in [0.1, 0.15) is 0 Å². The largest absolute Gasteiger partial charge is 0.397 e. The summed E-state index contributed by atoms with van der Waals surface area (Å²) < 4.78 is 0. The van der Waals surface area contributed by atoms with Gasteiger partial charge in [0.25, 0.3) is 5.91 Å². The van der Waals surface area contributed by atoms with Crippen LogP contribution < -0.4 is 22.1 Å². The van der Waals surface area contributed by atoms with Gasteiger partial charge >= 0.3 is 0 Å². The summed E-state index contributed by atoms with van der Waals surface area (Å²) in [5, 5.41) is 5.33. The molecule has 0 spiro atoms. The minimum Gasteiger partial charge on any atom is -0.397 e. The van der Waals surface area contributed by atoms with Crippen molar-refractivity contribution in [2.45, 2.75) is 0 Å². The summed E-state index contributed by atoms with van der Waals surface area (Å²) in [6.45, 7) is -0.0878. The molecule has 0 atom stereocenters. The predicted molar refractivity (Wildman–Crippen MR) is 82.9 cm³/mol. The number of nitrogen functional groups attached to an aromatic ring is 1. The fraction of sp³-hybridized carbons (Fsp3) is 0.0667. The van der Waals surface area contributed by atoms with E-state index in [4.69, 9.17) is 11.5 Å². The number of hydrogen-bond donors (Lipinski definition) is 4. The molecule has 0 aliphatic rings. The number of anilines is 3. The molecule has 2 aromatic carbocycles. The van der Waals surface area contributed by atoms with Crippen molar-refractivity contribution in [3.05, 3.63) is 54.1 Å². The Morgan fingerprint density at radius 3 is 2.24 bits per heavy atom. The first-order valence-electron chi connectivity index (χ1n) is 6.36. The minimum absolute atomic E-state index is 0.0878. The SMILES string of the molecule is NCC(=O)Nc1ccc(C(=O)Nc2ccccc2N)cc1. The number of amides is 2. The first kappa shape index (κ1) is 14.5. The Bertz CT molecular complexity index is 653. The lowest BCUT2D eigenvalue weighted by atomic mass is 10.2. The molecule has 0 aromatic heterocycles. The van der Waals surface area contributed by atoms with Crippen molar-refractivity contribution in [1.82, 2.24) is 0 Å². The molecular weight excluding hydrogens is 268 g/mol. The third kappa shape index (κ3) is 3.80. The van der Waals surface area contributed by atoms with E-state index in [0.717, 1.165) is 0 Å². The summed E-state index contributed by atoms with van der Waals surface area (Å²) in [6, 6.07) is 13.5. The summed E-state index contributed by atoms with van der Waals surface area (Å²) >= 11 is 0. The zero-order chi connectivity index (χ0) is 15.2. The number of rotatable bonds is 4. The number of nitrogens with one attached hydrogen (secondary N) is 2. The molecular formula is C15H16N4O2. The zero-order valence-electron chi connectivity index (χ0n) is 11.3. The van der Waals surface area contributed by atoms with Crippen LogP contribution in [0.25, 0.3) is 0 Å². The van der Waals surface area contributed by atoms with Gasteiger partial charge in [-0.3, -0.25) is 9.59 Å². The molecule has 2 aromatic rings. The molecule has 0 aliphatic heterocycles. The number of nitrogens with two attached hydrogens (primary N) is 2. The molecule has 0 heterocycles. The average molecular weight is 284 g/mol. The third-order valence-electron chi connectivity index (χ3n) is 2.83. The molecule has 2 amide bonds. The molecule has 21 heavy (non-hydrogen) atoms. The van der Waals surface area contributed by atoms with Crippen LogP contribution in [0.15, 0.2) is 48.5 Å². The van der Waals surface area contributed by atoms with Crippen molar-refractivity contribution in [3.8, 4) is 0 Å². The Balaban J connectivity index is 2.06. The topological polar surface area (TPSA) is 110 Å². The van der Waals surface area contributed by atoms with Crippen molar-refractivity contribution in [3.63, 3.8) is 0 Å². The van der Waals surface area contributed by atoms with Gasteiger partial charge in [0, 0.05) is 11.3 Å². The lowest BCUT2D eigenvalue weighted by Crippen LogP contribution is -2.21. The van der Waals surface area contributed by atoms with Crippen LogP contribution in [0, 0.1) is 0 Å². The van der Waals surface area contributed by atoms with E-state index in [2.05, 4.69) is 10.6 Å². The van der Waals surface area contributed by atoms with Gasteiger partial charge in [-0.2, -0.15) is 0 Å². The van der Waals surface area contributed by atoms with E-state index in [-0.39, 0.29) is 18.4 Å². The summed E-state index contributed by atoms with van der Waals surface area (Å²) in [6.07, 6.45) is 0. The maximum atomic E-state index is 12.1. The highest BCUT2D eigenvalue weighted by Crippen LogP contribution is 2.18. The number of carbonyl (C=O) groups excluding carboxylic acids is 2. The minimum atomic E-state index is -0.288. The molecule has 108 valence electrons. The number of carbonyl (C=O) groups is 2. The normalized spacial score (nSPS) is 9.95. The third-order valence-corrected chi connectivity index (χ3v) is 2.83. The van der Waals surface area contributed by atoms with Crippen LogP contribution in [0.5, 0.6) is 0 Å². The van der Waals surface area contributed by atoms with Gasteiger partial charge in [0.2, 0.25) is 5.91 Å². The predicted octanol–water partition coefficient (Wildman–Crippen LogP) is 1.42. The molecule has 0 saturated carbocycles. The van der Waals surface area contributed by atoms with E-state index in [9.17, 15) is 9.59 Å². The van der Waals surface area contributed by atoms with Crippen LogP contribution in [0.4, 0.5) is 17.1 Å². The van der Waals surface area contributed by atoms with Crippen molar-refractivity contribution in [2.75, 3.05) is 22.9 Å². The second-order valence-corrected chi connectivity index (χ2v) is 4.37. The smallest absolute Gasteiger partial charge is 0.255 e. The van der Waals surface area contributed by atoms with Crippen molar-refractivity contribution >= 4 is 28.9 Å². The first-order chi connectivity index (χ1) is 10.1. The van der Waals surface area contributed by atoms with E-state index in [1.807, 2.05) is 0 Å². The molecule has 0 fully saturated rings. The first-order valence-corrected chi connectivity index (χ1v) is 6.36. The molecule has 0 saturated heterocycles. The van der Waals surface area contributed by atoms with Crippen molar-refractivity contribution < 1.29 is 9.59 Å². The van der Waals surface area contributed by atoms with Gasteiger partial charge in [-0.25, -0.2) is 0 Å². The van der Waals surface area contributed by atoms with E-state index in [0.29, 0.717) is 22.6 Å². The lowest BCUT2D eigenvalue weighted by molar-refractivity contribution is -0.114. The maximum absolute atomic E-state index is 12.1. The summed E-state index contributed by atoms with van der Waals surface area (Å²) in [7, 11) is 0. The van der Waals surface area contributed by atoms with Gasteiger partial charge in [0.15, 0.2) is 0 Å².